The van der Waals surface area contributed by atoms with Crippen molar-refractivity contribution in [2.75, 3.05) is 13.2 Å². The number of phenols is 1. The third-order valence-electron chi connectivity index (χ3n) is 7.16. The van der Waals surface area contributed by atoms with Crippen LogP contribution in [0.4, 0.5) is 0 Å². The minimum absolute atomic E-state index is 0.157. The Labute approximate surface area is 149 Å². The summed E-state index contributed by atoms with van der Waals surface area (Å²) < 4.78 is 0. The van der Waals surface area contributed by atoms with Crippen LogP contribution >= 0.6 is 0 Å². The van der Waals surface area contributed by atoms with Gasteiger partial charge < -0.3 is 20.5 Å². The van der Waals surface area contributed by atoms with E-state index in [4.69, 9.17) is 0 Å². The molecule has 1 aliphatic heterocycles. The highest BCUT2D eigenvalue weighted by Crippen LogP contribution is 2.50. The Hall–Kier alpha value is -1.52. The number of phenolic OH excluding ortho intramolecular Hbond substituents is 1. The monoisotopic (exact) mass is 342 g/mol. The van der Waals surface area contributed by atoms with Crippen LogP contribution in [0.1, 0.15) is 44.9 Å². The van der Waals surface area contributed by atoms with Crippen molar-refractivity contribution in [1.29, 1.82) is 0 Å². The lowest BCUT2D eigenvalue weighted by Gasteiger charge is -2.52. The zero-order valence-corrected chi connectivity index (χ0v) is 15.5. The maximum absolute atomic E-state index is 10.6. The molecule has 4 heteroatoms. The second kappa shape index (κ2) is 6.03. The number of aromatic hydroxyl groups is 1. The standard InChI is InChI=1S/C21H30N2O2/c1-4-15-13(3)12(2)10-21(11-24)19(15)22-8-7-16-17-9-14(25)5-6-18(17)23-20(16)21/h5-6,9,12-13,15,19,22-25H,4,7-8,10-11H2,1-3H3. The molecule has 25 heavy (non-hydrogen) atoms. The van der Waals surface area contributed by atoms with Gasteiger partial charge in [-0.05, 0) is 60.9 Å². The minimum atomic E-state index is -0.271. The molecule has 1 fully saturated rings. The molecule has 0 saturated heterocycles. The van der Waals surface area contributed by atoms with Gasteiger partial charge in [-0.25, -0.2) is 0 Å². The number of aliphatic hydroxyl groups is 1. The van der Waals surface area contributed by atoms with Crippen molar-refractivity contribution in [1.82, 2.24) is 10.3 Å². The molecule has 2 aliphatic rings. The lowest BCUT2D eigenvalue weighted by molar-refractivity contribution is 0.0166. The van der Waals surface area contributed by atoms with Crippen molar-refractivity contribution in [2.24, 2.45) is 17.8 Å². The van der Waals surface area contributed by atoms with E-state index in [0.717, 1.165) is 36.7 Å². The number of aliphatic hydroxyl groups excluding tert-OH is 1. The Balaban J connectivity index is 1.95. The van der Waals surface area contributed by atoms with E-state index in [9.17, 15) is 10.2 Å². The largest absolute Gasteiger partial charge is 0.508 e. The van der Waals surface area contributed by atoms with Crippen LogP contribution in [0.3, 0.4) is 0 Å². The van der Waals surface area contributed by atoms with Crippen molar-refractivity contribution >= 4 is 10.9 Å². The van der Waals surface area contributed by atoms with Crippen LogP contribution in [0, 0.1) is 17.8 Å². The molecule has 1 aliphatic carbocycles. The number of nitrogens with one attached hydrogen (secondary N) is 2. The fraction of sp³-hybridized carbons (Fsp3) is 0.619. The van der Waals surface area contributed by atoms with E-state index in [0.29, 0.717) is 23.5 Å². The number of rotatable bonds is 2. The summed E-state index contributed by atoms with van der Waals surface area (Å²) in [6.45, 7) is 8.05. The van der Waals surface area contributed by atoms with Crippen LogP contribution in [-0.2, 0) is 11.8 Å². The topological polar surface area (TPSA) is 68.3 Å². The smallest absolute Gasteiger partial charge is 0.116 e. The zero-order valence-electron chi connectivity index (χ0n) is 15.5. The van der Waals surface area contributed by atoms with Crippen LogP contribution in [0.5, 0.6) is 5.75 Å². The van der Waals surface area contributed by atoms with Crippen LogP contribution in [-0.4, -0.2) is 34.4 Å². The number of hydrogen-bond acceptors (Lipinski definition) is 3. The summed E-state index contributed by atoms with van der Waals surface area (Å²) in [5.74, 6) is 2.08. The summed E-state index contributed by atoms with van der Waals surface area (Å²) in [6, 6.07) is 5.85. The number of benzene rings is 1. The molecule has 0 bridgehead atoms. The Kier molecular flexibility index (Phi) is 4.08. The van der Waals surface area contributed by atoms with Crippen molar-refractivity contribution in [2.45, 2.75) is 51.5 Å². The number of aromatic amines is 1. The van der Waals surface area contributed by atoms with Crippen LogP contribution in [0.2, 0.25) is 0 Å². The number of hydrogen-bond donors (Lipinski definition) is 4. The number of H-pyrrole nitrogens is 1. The third kappa shape index (κ3) is 2.34. The summed E-state index contributed by atoms with van der Waals surface area (Å²) in [6.07, 6.45) is 3.04. The maximum Gasteiger partial charge on any atom is 0.116 e. The van der Waals surface area contributed by atoms with Gasteiger partial charge in [0.05, 0.1) is 6.61 Å². The second-order valence-corrected chi connectivity index (χ2v) is 8.32. The summed E-state index contributed by atoms with van der Waals surface area (Å²) in [5, 5.41) is 25.5. The Morgan fingerprint density at radius 1 is 1.28 bits per heavy atom. The highest BCUT2D eigenvalue weighted by Gasteiger charge is 2.53. The van der Waals surface area contributed by atoms with Gasteiger partial charge in [0.15, 0.2) is 0 Å². The lowest BCUT2D eigenvalue weighted by Crippen LogP contribution is -2.60. The Morgan fingerprint density at radius 3 is 2.80 bits per heavy atom. The van der Waals surface area contributed by atoms with Gasteiger partial charge in [-0.15, -0.1) is 0 Å². The molecular formula is C21H30N2O2. The molecule has 2 aromatic rings. The molecule has 0 amide bonds. The molecule has 5 unspecified atom stereocenters. The minimum Gasteiger partial charge on any atom is -0.508 e. The van der Waals surface area contributed by atoms with E-state index in [-0.39, 0.29) is 18.1 Å². The predicted molar refractivity (Wildman–Crippen MR) is 101 cm³/mol. The van der Waals surface area contributed by atoms with Gasteiger partial charge in [0, 0.05) is 28.1 Å². The molecule has 0 radical (unpaired) electrons. The van der Waals surface area contributed by atoms with Gasteiger partial charge in [0.2, 0.25) is 0 Å². The Morgan fingerprint density at radius 2 is 2.08 bits per heavy atom. The van der Waals surface area contributed by atoms with Gasteiger partial charge in [-0.1, -0.05) is 27.2 Å². The van der Waals surface area contributed by atoms with Crippen LogP contribution < -0.4 is 5.32 Å². The molecule has 1 saturated carbocycles. The molecule has 2 heterocycles. The average molecular weight is 342 g/mol. The van der Waals surface area contributed by atoms with E-state index in [1.807, 2.05) is 12.1 Å². The average Bonchev–Trinajstić information content (AvgIpc) is 2.88. The van der Waals surface area contributed by atoms with E-state index in [1.54, 1.807) is 6.07 Å². The second-order valence-electron chi connectivity index (χ2n) is 8.32. The van der Waals surface area contributed by atoms with Gasteiger partial charge >= 0.3 is 0 Å². The number of fused-ring (bicyclic) bond motifs is 5. The lowest BCUT2D eigenvalue weighted by atomic mass is 9.56. The van der Waals surface area contributed by atoms with Gasteiger partial charge in [0.1, 0.15) is 5.75 Å². The van der Waals surface area contributed by atoms with Crippen molar-refractivity contribution in [3.8, 4) is 5.75 Å². The Bertz CT molecular complexity index is 784. The van der Waals surface area contributed by atoms with Gasteiger partial charge in [0.25, 0.3) is 0 Å². The van der Waals surface area contributed by atoms with Crippen molar-refractivity contribution < 1.29 is 10.2 Å². The van der Waals surface area contributed by atoms with Crippen LogP contribution in [0.25, 0.3) is 10.9 Å². The normalized spacial score (nSPS) is 35.2. The highest BCUT2D eigenvalue weighted by molar-refractivity contribution is 5.86. The third-order valence-corrected chi connectivity index (χ3v) is 7.16. The van der Waals surface area contributed by atoms with E-state index in [1.165, 1.54) is 11.3 Å². The van der Waals surface area contributed by atoms with E-state index in [2.05, 4.69) is 31.1 Å². The molecule has 1 aromatic heterocycles. The molecular weight excluding hydrogens is 312 g/mol. The zero-order chi connectivity index (χ0) is 17.8. The molecule has 1 aromatic carbocycles. The molecule has 4 N–H and O–H groups in total. The van der Waals surface area contributed by atoms with Crippen molar-refractivity contribution in [3.63, 3.8) is 0 Å². The first-order chi connectivity index (χ1) is 12.0. The summed E-state index contributed by atoms with van der Waals surface area (Å²) in [7, 11) is 0. The van der Waals surface area contributed by atoms with Crippen LogP contribution in [0.15, 0.2) is 18.2 Å². The molecule has 4 rings (SSSR count). The molecule has 5 atom stereocenters. The first kappa shape index (κ1) is 16.9. The van der Waals surface area contributed by atoms with E-state index < -0.39 is 0 Å². The maximum atomic E-state index is 10.6. The summed E-state index contributed by atoms with van der Waals surface area (Å²) >= 11 is 0. The van der Waals surface area contributed by atoms with E-state index >= 15 is 0 Å². The fourth-order valence-corrected chi connectivity index (χ4v) is 5.75. The van der Waals surface area contributed by atoms with Crippen molar-refractivity contribution in [3.05, 3.63) is 29.5 Å². The molecule has 4 nitrogen and oxygen atoms in total. The predicted octanol–water partition coefficient (Wildman–Crippen LogP) is 3.32. The van der Waals surface area contributed by atoms with Gasteiger partial charge in [-0.2, -0.15) is 0 Å². The molecule has 136 valence electrons. The molecule has 0 spiro atoms. The first-order valence-corrected chi connectivity index (χ1v) is 9.70. The van der Waals surface area contributed by atoms with Gasteiger partial charge in [-0.3, -0.25) is 0 Å². The first-order valence-electron chi connectivity index (χ1n) is 9.70. The summed E-state index contributed by atoms with van der Waals surface area (Å²) in [4.78, 5) is 3.64. The fourth-order valence-electron chi connectivity index (χ4n) is 5.75. The quantitative estimate of drug-likeness (QED) is 0.677. The summed E-state index contributed by atoms with van der Waals surface area (Å²) in [5.41, 5.74) is 3.26. The SMILES string of the molecule is CCC1C(C)C(C)CC2(CO)c3[nH]c4ccc(O)cc4c3CCNC12. The highest BCUT2D eigenvalue weighted by atomic mass is 16.3. The number of aromatic nitrogens is 1.